The molecule has 0 aliphatic carbocycles. The highest BCUT2D eigenvalue weighted by molar-refractivity contribution is 6.04. The van der Waals surface area contributed by atoms with Crippen molar-refractivity contribution in [2.24, 2.45) is 0 Å². The van der Waals surface area contributed by atoms with Crippen molar-refractivity contribution in [2.75, 3.05) is 12.1 Å². The number of ether oxygens (including phenoxy) is 2. The summed E-state index contributed by atoms with van der Waals surface area (Å²) in [6.07, 6.45) is -0.163. The van der Waals surface area contributed by atoms with Crippen LogP contribution in [0.25, 0.3) is 0 Å². The Morgan fingerprint density at radius 2 is 1.84 bits per heavy atom. The maximum atomic E-state index is 12.3. The van der Waals surface area contributed by atoms with Gasteiger partial charge in [0.1, 0.15) is 6.42 Å². The maximum absolute atomic E-state index is 12.3. The zero-order chi connectivity index (χ0) is 17.6. The fourth-order valence-electron chi connectivity index (χ4n) is 2.28. The lowest BCUT2D eigenvalue weighted by Gasteiger charge is -2.08. The van der Waals surface area contributed by atoms with E-state index in [9.17, 15) is 9.59 Å². The predicted molar refractivity (Wildman–Crippen MR) is 89.0 cm³/mol. The summed E-state index contributed by atoms with van der Waals surface area (Å²) in [7, 11) is 0. The summed E-state index contributed by atoms with van der Waals surface area (Å²) in [6, 6.07) is 13.9. The summed E-state index contributed by atoms with van der Waals surface area (Å²) in [5, 5.41) is 13.9. The van der Waals surface area contributed by atoms with Gasteiger partial charge >= 0.3 is 0 Å². The second kappa shape index (κ2) is 7.36. The van der Waals surface area contributed by atoms with E-state index >= 15 is 0 Å². The first-order valence-corrected chi connectivity index (χ1v) is 7.59. The minimum atomic E-state index is -0.317. The number of fused-ring (bicyclic) bond motifs is 1. The van der Waals surface area contributed by atoms with Crippen LogP contribution in [0.5, 0.6) is 11.5 Å². The van der Waals surface area contributed by atoms with Crippen molar-refractivity contribution in [1.82, 2.24) is 5.32 Å². The van der Waals surface area contributed by atoms with E-state index in [0.717, 1.165) is 5.56 Å². The molecule has 2 aromatic rings. The molecule has 0 radical (unpaired) electrons. The van der Waals surface area contributed by atoms with Crippen molar-refractivity contribution < 1.29 is 19.1 Å². The van der Waals surface area contributed by atoms with Crippen LogP contribution in [0.1, 0.15) is 22.3 Å². The number of rotatable bonds is 5. The first-order valence-electron chi connectivity index (χ1n) is 7.59. The minimum Gasteiger partial charge on any atom is -0.454 e. The number of nitriles is 1. The fourth-order valence-corrected chi connectivity index (χ4v) is 2.28. The average Bonchev–Trinajstić information content (AvgIpc) is 3.09. The molecule has 0 unspecified atom stereocenters. The van der Waals surface area contributed by atoms with Crippen LogP contribution in [0.15, 0.2) is 42.5 Å². The van der Waals surface area contributed by atoms with E-state index < -0.39 is 0 Å². The molecule has 0 bridgehead atoms. The van der Waals surface area contributed by atoms with Gasteiger partial charge in [-0.15, -0.1) is 0 Å². The molecule has 1 aliphatic rings. The zero-order valence-electron chi connectivity index (χ0n) is 13.2. The Balaban J connectivity index is 1.58. The second-order valence-electron chi connectivity index (χ2n) is 5.33. The van der Waals surface area contributed by atoms with E-state index in [2.05, 4.69) is 10.6 Å². The number of hydrogen-bond donors (Lipinski definition) is 2. The quantitative estimate of drug-likeness (QED) is 0.871. The highest BCUT2D eigenvalue weighted by atomic mass is 16.7. The van der Waals surface area contributed by atoms with E-state index in [-0.39, 0.29) is 25.0 Å². The zero-order valence-corrected chi connectivity index (χ0v) is 13.2. The molecule has 0 saturated heterocycles. The molecule has 2 amide bonds. The lowest BCUT2D eigenvalue weighted by atomic mass is 10.1. The topological polar surface area (TPSA) is 100 Å². The van der Waals surface area contributed by atoms with E-state index in [0.29, 0.717) is 29.3 Å². The molecule has 126 valence electrons. The van der Waals surface area contributed by atoms with Gasteiger partial charge in [-0.05, 0) is 35.9 Å². The Morgan fingerprint density at radius 1 is 1.08 bits per heavy atom. The lowest BCUT2D eigenvalue weighted by molar-refractivity contribution is -0.120. The van der Waals surface area contributed by atoms with Crippen LogP contribution < -0.4 is 20.1 Å². The number of benzene rings is 2. The SMILES string of the molecule is N#CCC(=O)NCc1ccc(NC(=O)c2ccc3c(c2)OCO3)cc1. The molecule has 0 aromatic heterocycles. The normalized spacial score (nSPS) is 11.5. The van der Waals surface area contributed by atoms with Crippen LogP contribution in [-0.4, -0.2) is 18.6 Å². The van der Waals surface area contributed by atoms with Crippen molar-refractivity contribution in [3.05, 3.63) is 53.6 Å². The first-order chi connectivity index (χ1) is 12.2. The number of carbonyl (C=O) groups excluding carboxylic acids is 2. The fraction of sp³-hybridized carbons (Fsp3) is 0.167. The molecule has 0 saturated carbocycles. The molecule has 25 heavy (non-hydrogen) atoms. The van der Waals surface area contributed by atoms with Gasteiger partial charge in [0.2, 0.25) is 12.7 Å². The van der Waals surface area contributed by atoms with E-state index in [1.165, 1.54) is 0 Å². The number of carbonyl (C=O) groups is 2. The Bertz CT molecular complexity index is 840. The molecule has 2 aromatic carbocycles. The Labute approximate surface area is 144 Å². The average molecular weight is 337 g/mol. The summed E-state index contributed by atoms with van der Waals surface area (Å²) in [6.45, 7) is 0.490. The van der Waals surface area contributed by atoms with Crippen LogP contribution in [0.2, 0.25) is 0 Å². The molecule has 7 nitrogen and oxygen atoms in total. The maximum Gasteiger partial charge on any atom is 0.255 e. The van der Waals surface area contributed by atoms with Gasteiger partial charge < -0.3 is 20.1 Å². The van der Waals surface area contributed by atoms with E-state index in [1.807, 2.05) is 0 Å². The van der Waals surface area contributed by atoms with Crippen molar-refractivity contribution in [1.29, 1.82) is 5.26 Å². The second-order valence-corrected chi connectivity index (χ2v) is 5.33. The molecule has 2 N–H and O–H groups in total. The van der Waals surface area contributed by atoms with Crippen molar-refractivity contribution in [2.45, 2.75) is 13.0 Å². The van der Waals surface area contributed by atoms with Gasteiger partial charge in [0, 0.05) is 17.8 Å². The summed E-state index contributed by atoms with van der Waals surface area (Å²) in [5.74, 6) is 0.603. The highest BCUT2D eigenvalue weighted by Gasteiger charge is 2.16. The van der Waals surface area contributed by atoms with Gasteiger partial charge in [0.25, 0.3) is 5.91 Å². The molecule has 0 spiro atoms. The van der Waals surface area contributed by atoms with Gasteiger partial charge in [-0.2, -0.15) is 5.26 Å². The van der Waals surface area contributed by atoms with Gasteiger partial charge in [0.15, 0.2) is 11.5 Å². The highest BCUT2D eigenvalue weighted by Crippen LogP contribution is 2.32. The standard InChI is InChI=1S/C18H15N3O4/c19-8-7-17(22)20-10-12-1-4-14(5-2-12)21-18(23)13-3-6-15-16(9-13)25-11-24-15/h1-6,9H,7,10-11H2,(H,20,22)(H,21,23). The third-order valence-electron chi connectivity index (χ3n) is 3.58. The number of hydrogen-bond acceptors (Lipinski definition) is 5. The monoisotopic (exact) mass is 337 g/mol. The van der Waals surface area contributed by atoms with Crippen molar-refractivity contribution in [3.8, 4) is 17.6 Å². The van der Waals surface area contributed by atoms with Crippen LogP contribution in [0, 0.1) is 11.3 Å². The third-order valence-corrected chi connectivity index (χ3v) is 3.58. The Morgan fingerprint density at radius 3 is 2.60 bits per heavy atom. The minimum absolute atomic E-state index is 0.159. The smallest absolute Gasteiger partial charge is 0.255 e. The van der Waals surface area contributed by atoms with Crippen LogP contribution in [0.4, 0.5) is 5.69 Å². The van der Waals surface area contributed by atoms with Gasteiger partial charge in [0.05, 0.1) is 6.07 Å². The largest absolute Gasteiger partial charge is 0.454 e. The Hall–Kier alpha value is -3.53. The summed E-state index contributed by atoms with van der Waals surface area (Å²) in [4.78, 5) is 23.5. The van der Waals surface area contributed by atoms with Gasteiger partial charge in [-0.3, -0.25) is 9.59 Å². The number of anilines is 1. The molecule has 0 fully saturated rings. The van der Waals surface area contributed by atoms with E-state index in [4.69, 9.17) is 14.7 Å². The van der Waals surface area contributed by atoms with Crippen LogP contribution in [0.3, 0.4) is 0 Å². The van der Waals surface area contributed by atoms with Gasteiger partial charge in [-0.1, -0.05) is 12.1 Å². The van der Waals surface area contributed by atoms with Crippen molar-refractivity contribution in [3.63, 3.8) is 0 Å². The molecule has 0 atom stereocenters. The molecule has 1 heterocycles. The number of nitrogens with zero attached hydrogens (tertiary/aromatic N) is 1. The third kappa shape index (κ3) is 4.06. The summed E-state index contributed by atoms with van der Waals surface area (Å²) in [5.41, 5.74) is 1.97. The molecule has 1 aliphatic heterocycles. The summed E-state index contributed by atoms with van der Waals surface area (Å²) >= 11 is 0. The lowest BCUT2D eigenvalue weighted by Crippen LogP contribution is -2.21. The number of amides is 2. The van der Waals surface area contributed by atoms with Crippen molar-refractivity contribution >= 4 is 17.5 Å². The molecular formula is C18H15N3O4. The van der Waals surface area contributed by atoms with Crippen LogP contribution >= 0.6 is 0 Å². The molecular weight excluding hydrogens is 322 g/mol. The van der Waals surface area contributed by atoms with Gasteiger partial charge in [-0.25, -0.2) is 0 Å². The first kappa shape index (κ1) is 16.3. The predicted octanol–water partition coefficient (Wildman–Crippen LogP) is 2.20. The molecule has 7 heteroatoms. The number of nitrogens with one attached hydrogen (secondary N) is 2. The van der Waals surface area contributed by atoms with E-state index in [1.54, 1.807) is 48.5 Å². The summed E-state index contributed by atoms with van der Waals surface area (Å²) < 4.78 is 10.5. The Kier molecular flexibility index (Phi) is 4.81. The van der Waals surface area contributed by atoms with Crippen LogP contribution in [-0.2, 0) is 11.3 Å². The molecule has 3 rings (SSSR count).